The molecule has 1 aromatic heterocycles. The lowest BCUT2D eigenvalue weighted by atomic mass is 10.1. The first kappa shape index (κ1) is 21.0. The van der Waals surface area contributed by atoms with Gasteiger partial charge in [-0.05, 0) is 30.2 Å². The van der Waals surface area contributed by atoms with Crippen molar-refractivity contribution in [1.29, 1.82) is 0 Å². The van der Waals surface area contributed by atoms with Crippen molar-refractivity contribution in [1.82, 2.24) is 10.3 Å². The van der Waals surface area contributed by atoms with E-state index in [4.69, 9.17) is 11.6 Å². The Labute approximate surface area is 179 Å². The van der Waals surface area contributed by atoms with Gasteiger partial charge in [-0.2, -0.15) is 0 Å². The van der Waals surface area contributed by atoms with Crippen LogP contribution in [0.1, 0.15) is 35.5 Å². The van der Waals surface area contributed by atoms with Crippen LogP contribution in [0.15, 0.2) is 54.7 Å². The van der Waals surface area contributed by atoms with Crippen LogP contribution >= 0.6 is 22.9 Å². The highest BCUT2D eigenvalue weighted by molar-refractivity contribution is 7.17. The van der Waals surface area contributed by atoms with E-state index in [1.807, 2.05) is 56.3 Å². The molecule has 0 aliphatic carbocycles. The zero-order valence-electron chi connectivity index (χ0n) is 16.2. The molecule has 0 saturated heterocycles. The Balaban J connectivity index is 1.62. The number of carbonyl (C=O) groups excluding carboxylic acids is 2. The van der Waals surface area contributed by atoms with Gasteiger partial charge in [-0.25, -0.2) is 4.98 Å². The standard InChI is InChI=1S/C22H22ClN3O2S/c1-3-14(2)20(27)26-16-8-6-7-15(11-16)12-24-21(28)19-13-25-22(29-19)17-9-4-5-10-18(17)23/h4-11,13-14H,3,12H2,1-2H3,(H,24,28)(H,26,27). The molecule has 7 heteroatoms. The number of aromatic nitrogens is 1. The van der Waals surface area contributed by atoms with E-state index >= 15 is 0 Å². The van der Waals surface area contributed by atoms with E-state index in [9.17, 15) is 9.59 Å². The van der Waals surface area contributed by atoms with Crippen molar-refractivity contribution in [3.63, 3.8) is 0 Å². The molecule has 0 saturated carbocycles. The first-order valence-corrected chi connectivity index (χ1v) is 10.6. The highest BCUT2D eigenvalue weighted by atomic mass is 35.5. The lowest BCUT2D eigenvalue weighted by Crippen LogP contribution is -2.22. The molecule has 0 radical (unpaired) electrons. The predicted molar refractivity (Wildman–Crippen MR) is 118 cm³/mol. The van der Waals surface area contributed by atoms with E-state index in [-0.39, 0.29) is 17.7 Å². The largest absolute Gasteiger partial charge is 0.347 e. The fraction of sp³-hybridized carbons (Fsp3) is 0.227. The van der Waals surface area contributed by atoms with E-state index in [1.165, 1.54) is 11.3 Å². The maximum Gasteiger partial charge on any atom is 0.263 e. The van der Waals surface area contributed by atoms with Crippen molar-refractivity contribution in [3.05, 3.63) is 70.2 Å². The first-order chi connectivity index (χ1) is 14.0. The number of hydrogen-bond donors (Lipinski definition) is 2. The van der Waals surface area contributed by atoms with Gasteiger partial charge in [0.2, 0.25) is 5.91 Å². The van der Waals surface area contributed by atoms with Crippen molar-refractivity contribution < 1.29 is 9.59 Å². The Kier molecular flexibility index (Phi) is 7.01. The van der Waals surface area contributed by atoms with Gasteiger partial charge in [0.15, 0.2) is 0 Å². The van der Waals surface area contributed by atoms with Crippen molar-refractivity contribution in [2.75, 3.05) is 5.32 Å². The van der Waals surface area contributed by atoms with Crippen LogP contribution in [-0.2, 0) is 11.3 Å². The Morgan fingerprint density at radius 1 is 1.17 bits per heavy atom. The molecule has 5 nitrogen and oxygen atoms in total. The highest BCUT2D eigenvalue weighted by Crippen LogP contribution is 2.30. The third kappa shape index (κ3) is 5.43. The molecule has 1 heterocycles. The monoisotopic (exact) mass is 427 g/mol. The predicted octanol–water partition coefficient (Wildman–Crippen LogP) is 5.38. The number of thiazole rings is 1. The van der Waals surface area contributed by atoms with Crippen LogP contribution in [0.5, 0.6) is 0 Å². The summed E-state index contributed by atoms with van der Waals surface area (Å²) in [4.78, 5) is 29.4. The van der Waals surface area contributed by atoms with E-state index < -0.39 is 0 Å². The van der Waals surface area contributed by atoms with E-state index in [0.29, 0.717) is 21.5 Å². The van der Waals surface area contributed by atoms with E-state index in [2.05, 4.69) is 15.6 Å². The summed E-state index contributed by atoms with van der Waals surface area (Å²) < 4.78 is 0. The molecule has 150 valence electrons. The van der Waals surface area contributed by atoms with Crippen LogP contribution in [0.2, 0.25) is 5.02 Å². The summed E-state index contributed by atoms with van der Waals surface area (Å²) in [5.74, 6) is -0.253. The summed E-state index contributed by atoms with van der Waals surface area (Å²) in [5.41, 5.74) is 2.43. The molecule has 3 aromatic rings. The summed E-state index contributed by atoms with van der Waals surface area (Å²) in [6.45, 7) is 4.23. The smallest absolute Gasteiger partial charge is 0.263 e. The molecule has 2 N–H and O–H groups in total. The maximum atomic E-state index is 12.5. The van der Waals surface area contributed by atoms with Gasteiger partial charge >= 0.3 is 0 Å². The minimum Gasteiger partial charge on any atom is -0.347 e. The Morgan fingerprint density at radius 2 is 1.97 bits per heavy atom. The average Bonchev–Trinajstić information content (AvgIpc) is 3.22. The second kappa shape index (κ2) is 9.67. The molecular formula is C22H22ClN3O2S. The average molecular weight is 428 g/mol. The SMILES string of the molecule is CCC(C)C(=O)Nc1cccc(CNC(=O)c2cnc(-c3ccccc3Cl)s2)c1. The van der Waals surface area contributed by atoms with Crippen LogP contribution in [0.4, 0.5) is 5.69 Å². The Morgan fingerprint density at radius 3 is 2.72 bits per heavy atom. The fourth-order valence-corrected chi connectivity index (χ4v) is 3.77. The van der Waals surface area contributed by atoms with Crippen molar-refractivity contribution >= 4 is 40.4 Å². The van der Waals surface area contributed by atoms with Gasteiger partial charge in [-0.1, -0.05) is 55.8 Å². The number of hydrogen-bond acceptors (Lipinski definition) is 4. The van der Waals surface area contributed by atoms with Gasteiger partial charge in [0.05, 0.1) is 11.2 Å². The summed E-state index contributed by atoms with van der Waals surface area (Å²) in [7, 11) is 0. The minimum atomic E-state index is -0.199. The zero-order chi connectivity index (χ0) is 20.8. The van der Waals surface area contributed by atoms with Gasteiger partial charge < -0.3 is 10.6 Å². The quantitative estimate of drug-likeness (QED) is 0.531. The normalized spacial score (nSPS) is 11.7. The third-order valence-electron chi connectivity index (χ3n) is 4.54. The number of carbonyl (C=O) groups is 2. The van der Waals surface area contributed by atoms with Crippen LogP contribution < -0.4 is 10.6 Å². The summed E-state index contributed by atoms with van der Waals surface area (Å²) in [6.07, 6.45) is 2.34. The molecule has 0 fully saturated rings. The van der Waals surface area contributed by atoms with Crippen molar-refractivity contribution in [2.24, 2.45) is 5.92 Å². The van der Waals surface area contributed by atoms with Gasteiger partial charge in [0.1, 0.15) is 9.88 Å². The molecule has 2 amide bonds. The van der Waals surface area contributed by atoms with Gasteiger partial charge in [-0.15, -0.1) is 11.3 Å². The third-order valence-corrected chi connectivity index (χ3v) is 5.90. The first-order valence-electron chi connectivity index (χ1n) is 9.36. The molecule has 2 aromatic carbocycles. The molecule has 0 bridgehead atoms. The minimum absolute atomic E-state index is 0.00884. The second-order valence-electron chi connectivity index (χ2n) is 6.69. The van der Waals surface area contributed by atoms with Crippen molar-refractivity contribution in [2.45, 2.75) is 26.8 Å². The maximum absolute atomic E-state index is 12.5. The lowest BCUT2D eigenvalue weighted by molar-refractivity contribution is -0.119. The molecule has 29 heavy (non-hydrogen) atoms. The Bertz CT molecular complexity index is 1020. The van der Waals surface area contributed by atoms with Crippen LogP contribution in [0.25, 0.3) is 10.6 Å². The molecule has 3 rings (SSSR count). The van der Waals surface area contributed by atoms with Crippen LogP contribution in [0, 0.1) is 5.92 Å². The molecule has 0 spiro atoms. The number of nitrogens with one attached hydrogen (secondary N) is 2. The molecule has 0 aliphatic rings. The fourth-order valence-electron chi connectivity index (χ4n) is 2.62. The second-order valence-corrected chi connectivity index (χ2v) is 8.13. The van der Waals surface area contributed by atoms with Gasteiger partial charge in [0.25, 0.3) is 5.91 Å². The number of rotatable bonds is 7. The number of amides is 2. The van der Waals surface area contributed by atoms with Gasteiger partial charge in [-0.3, -0.25) is 9.59 Å². The molecule has 1 atom stereocenters. The Hall–Kier alpha value is -2.70. The highest BCUT2D eigenvalue weighted by Gasteiger charge is 2.14. The molecule has 0 aliphatic heterocycles. The van der Waals surface area contributed by atoms with Crippen LogP contribution in [0.3, 0.4) is 0 Å². The topological polar surface area (TPSA) is 71.1 Å². The molecular weight excluding hydrogens is 406 g/mol. The summed E-state index contributed by atoms with van der Waals surface area (Å²) in [6, 6.07) is 14.9. The number of halogens is 1. The van der Waals surface area contributed by atoms with Crippen molar-refractivity contribution in [3.8, 4) is 10.6 Å². The van der Waals surface area contributed by atoms with Crippen LogP contribution in [-0.4, -0.2) is 16.8 Å². The van der Waals surface area contributed by atoms with E-state index in [0.717, 1.165) is 23.2 Å². The number of anilines is 1. The zero-order valence-corrected chi connectivity index (χ0v) is 17.8. The summed E-state index contributed by atoms with van der Waals surface area (Å²) >= 11 is 7.50. The lowest BCUT2D eigenvalue weighted by Gasteiger charge is -2.11. The summed E-state index contributed by atoms with van der Waals surface area (Å²) in [5, 5.41) is 7.11. The molecule has 1 unspecified atom stereocenters. The van der Waals surface area contributed by atoms with E-state index in [1.54, 1.807) is 12.3 Å². The number of benzene rings is 2. The van der Waals surface area contributed by atoms with Gasteiger partial charge in [0, 0.05) is 23.7 Å². The number of nitrogens with zero attached hydrogens (tertiary/aromatic N) is 1.